The molecule has 2 aliphatic heterocycles. The number of rotatable bonds is 7. The quantitative estimate of drug-likeness (QED) is 0.633. The molecule has 0 unspecified atom stereocenters. The van der Waals surface area contributed by atoms with Gasteiger partial charge in [-0.25, -0.2) is 0 Å². The van der Waals surface area contributed by atoms with Gasteiger partial charge in [-0.3, -0.25) is 9.69 Å². The van der Waals surface area contributed by atoms with E-state index in [4.69, 9.17) is 0 Å². The van der Waals surface area contributed by atoms with Gasteiger partial charge >= 0.3 is 0 Å². The Hall–Kier alpha value is -3.06. The molecule has 5 rings (SSSR count). The summed E-state index contributed by atoms with van der Waals surface area (Å²) in [5.74, 6) is 0.895. The number of nitrogens with zero attached hydrogens (tertiary/aromatic N) is 5. The molecule has 31 heavy (non-hydrogen) atoms. The lowest BCUT2D eigenvalue weighted by molar-refractivity contribution is -0.130. The average Bonchev–Trinajstić information content (AvgIpc) is 3.54. The van der Waals surface area contributed by atoms with Crippen molar-refractivity contribution in [2.24, 2.45) is 0 Å². The first kappa shape index (κ1) is 19.9. The van der Waals surface area contributed by atoms with Crippen molar-refractivity contribution in [1.82, 2.24) is 30.4 Å². The van der Waals surface area contributed by atoms with E-state index in [2.05, 4.69) is 67.7 Å². The smallest absolute Gasteiger partial charge is 0.241 e. The third-order valence-corrected chi connectivity index (χ3v) is 6.55. The number of hydrogen-bond donors (Lipinski definition) is 1. The van der Waals surface area contributed by atoms with Gasteiger partial charge in [-0.15, -0.1) is 10.2 Å². The van der Waals surface area contributed by atoms with E-state index in [-0.39, 0.29) is 12.2 Å². The summed E-state index contributed by atoms with van der Waals surface area (Å²) in [6, 6.07) is 16.7. The molecule has 0 radical (unpaired) electrons. The Kier molecular flexibility index (Phi) is 5.51. The van der Waals surface area contributed by atoms with Crippen molar-refractivity contribution < 1.29 is 4.79 Å². The molecule has 2 atom stereocenters. The fraction of sp³-hybridized carbons (Fsp3) is 0.417. The molecule has 1 aromatic heterocycles. The van der Waals surface area contributed by atoms with Gasteiger partial charge in [-0.1, -0.05) is 68.3 Å². The third-order valence-electron chi connectivity index (χ3n) is 6.55. The summed E-state index contributed by atoms with van der Waals surface area (Å²) in [4.78, 5) is 17.6. The van der Waals surface area contributed by atoms with Gasteiger partial charge in [0.25, 0.3) is 0 Å². The summed E-state index contributed by atoms with van der Waals surface area (Å²) in [6.07, 6.45) is 5.77. The molecule has 2 fully saturated rings. The molecule has 0 aliphatic carbocycles. The molecule has 160 valence electrons. The molecular weight excluding hydrogens is 388 g/mol. The Labute approximate surface area is 182 Å². The predicted octanol–water partition coefficient (Wildman–Crippen LogP) is 3.86. The van der Waals surface area contributed by atoms with Crippen molar-refractivity contribution in [3.63, 3.8) is 0 Å². The first-order valence-electron chi connectivity index (χ1n) is 11.2. The summed E-state index contributed by atoms with van der Waals surface area (Å²) in [6.45, 7) is 3.94. The first-order valence-corrected chi connectivity index (χ1v) is 11.2. The molecular formula is C24H28N6O. The molecule has 2 aliphatic rings. The van der Waals surface area contributed by atoms with Crippen LogP contribution in [0, 0.1) is 0 Å². The second-order valence-electron chi connectivity index (χ2n) is 8.46. The zero-order chi connectivity index (χ0) is 21.2. The highest BCUT2D eigenvalue weighted by Crippen LogP contribution is 2.35. The Morgan fingerprint density at radius 1 is 1.10 bits per heavy atom. The number of fused-ring (bicyclic) bond motifs is 1. The summed E-state index contributed by atoms with van der Waals surface area (Å²) >= 11 is 0. The lowest BCUT2D eigenvalue weighted by Crippen LogP contribution is -2.39. The van der Waals surface area contributed by atoms with Crippen molar-refractivity contribution in [2.45, 2.75) is 57.8 Å². The maximum absolute atomic E-state index is 13.1. The Bertz CT molecular complexity index is 1030. The Morgan fingerprint density at radius 3 is 2.65 bits per heavy atom. The van der Waals surface area contributed by atoms with Gasteiger partial charge in [0, 0.05) is 18.7 Å². The fourth-order valence-corrected chi connectivity index (χ4v) is 5.01. The van der Waals surface area contributed by atoms with Gasteiger partial charge in [0.05, 0.1) is 12.2 Å². The van der Waals surface area contributed by atoms with Crippen molar-refractivity contribution in [2.75, 3.05) is 6.54 Å². The van der Waals surface area contributed by atoms with E-state index in [1.807, 2.05) is 18.2 Å². The molecule has 7 heteroatoms. The Balaban J connectivity index is 1.37. The number of aromatic amines is 1. The highest BCUT2D eigenvalue weighted by molar-refractivity contribution is 5.85. The minimum absolute atomic E-state index is 0.1000. The van der Waals surface area contributed by atoms with E-state index in [0.717, 1.165) is 60.9 Å². The van der Waals surface area contributed by atoms with Crippen LogP contribution in [0.25, 0.3) is 22.5 Å². The SMILES string of the molecule is CCCC[C@@H]1N(Cc2ccc(-c3ccccc3-c3nn[nH]n3)cc2)C(=O)[C@@H]2CCCN12. The number of nitrogens with one attached hydrogen (secondary N) is 1. The molecule has 1 amide bonds. The summed E-state index contributed by atoms with van der Waals surface area (Å²) in [5.41, 5.74) is 4.27. The number of hydrogen-bond acceptors (Lipinski definition) is 5. The number of benzene rings is 2. The fourth-order valence-electron chi connectivity index (χ4n) is 5.01. The van der Waals surface area contributed by atoms with Crippen LogP contribution in [-0.2, 0) is 11.3 Å². The van der Waals surface area contributed by atoms with Gasteiger partial charge in [-0.05, 0) is 41.2 Å². The number of H-pyrrole nitrogens is 1. The molecule has 7 nitrogen and oxygen atoms in total. The predicted molar refractivity (Wildman–Crippen MR) is 119 cm³/mol. The molecule has 0 bridgehead atoms. The minimum Gasteiger partial charge on any atom is -0.321 e. The van der Waals surface area contributed by atoms with E-state index in [1.54, 1.807) is 0 Å². The first-order chi connectivity index (χ1) is 15.3. The van der Waals surface area contributed by atoms with Crippen LogP contribution in [0.5, 0.6) is 0 Å². The van der Waals surface area contributed by atoms with Gasteiger partial charge in [0.2, 0.25) is 11.7 Å². The van der Waals surface area contributed by atoms with Crippen LogP contribution in [-0.4, -0.2) is 55.1 Å². The molecule has 2 aromatic carbocycles. The maximum atomic E-state index is 13.1. The topological polar surface area (TPSA) is 78.0 Å². The highest BCUT2D eigenvalue weighted by Gasteiger charge is 2.47. The second kappa shape index (κ2) is 8.59. The monoisotopic (exact) mass is 416 g/mol. The van der Waals surface area contributed by atoms with E-state index in [9.17, 15) is 4.79 Å². The van der Waals surface area contributed by atoms with E-state index >= 15 is 0 Å². The van der Waals surface area contributed by atoms with Crippen LogP contribution in [0.4, 0.5) is 0 Å². The normalized spacial score (nSPS) is 21.1. The highest BCUT2D eigenvalue weighted by atomic mass is 16.2. The van der Waals surface area contributed by atoms with Crippen LogP contribution >= 0.6 is 0 Å². The van der Waals surface area contributed by atoms with Crippen LogP contribution in [0.1, 0.15) is 44.6 Å². The van der Waals surface area contributed by atoms with Gasteiger partial charge in [0.15, 0.2) is 0 Å². The van der Waals surface area contributed by atoms with Crippen LogP contribution in [0.3, 0.4) is 0 Å². The molecule has 0 spiro atoms. The van der Waals surface area contributed by atoms with Gasteiger partial charge in [0.1, 0.15) is 0 Å². The average molecular weight is 417 g/mol. The standard InChI is InChI=1S/C24H28N6O/c1-2-3-10-22-29-15-6-9-21(29)24(31)30(22)16-17-11-13-18(14-12-17)19-7-4-5-8-20(19)23-25-27-28-26-23/h4-5,7-8,11-14,21-22H,2-3,6,9-10,15-16H2,1H3,(H,25,26,27,28)/t21-,22-/m0/s1. The van der Waals surface area contributed by atoms with Gasteiger partial charge in [-0.2, -0.15) is 5.21 Å². The second-order valence-corrected chi connectivity index (χ2v) is 8.46. The van der Waals surface area contributed by atoms with Crippen molar-refractivity contribution in [1.29, 1.82) is 0 Å². The van der Waals surface area contributed by atoms with E-state index in [1.165, 1.54) is 0 Å². The number of carbonyl (C=O) groups excluding carboxylic acids is 1. The lowest BCUT2D eigenvalue weighted by atomic mass is 9.98. The summed E-state index contributed by atoms with van der Waals surface area (Å²) in [5, 5.41) is 14.5. The molecule has 3 aromatic rings. The van der Waals surface area contributed by atoms with Gasteiger partial charge < -0.3 is 4.90 Å². The van der Waals surface area contributed by atoms with Crippen LogP contribution in [0.15, 0.2) is 48.5 Å². The molecule has 3 heterocycles. The molecule has 1 N–H and O–H groups in total. The number of tetrazole rings is 1. The van der Waals surface area contributed by atoms with Crippen molar-refractivity contribution >= 4 is 5.91 Å². The van der Waals surface area contributed by atoms with Crippen LogP contribution < -0.4 is 0 Å². The maximum Gasteiger partial charge on any atom is 0.241 e. The third kappa shape index (κ3) is 3.74. The number of amides is 1. The van der Waals surface area contributed by atoms with Crippen molar-refractivity contribution in [3.05, 3.63) is 54.1 Å². The zero-order valence-electron chi connectivity index (χ0n) is 17.9. The minimum atomic E-state index is 0.1000. The molecule has 2 saturated heterocycles. The van der Waals surface area contributed by atoms with Crippen molar-refractivity contribution in [3.8, 4) is 22.5 Å². The lowest BCUT2D eigenvalue weighted by Gasteiger charge is -2.29. The number of unbranched alkanes of at least 4 members (excludes halogenated alkanes) is 1. The number of aromatic nitrogens is 4. The van der Waals surface area contributed by atoms with E-state index < -0.39 is 0 Å². The Morgan fingerprint density at radius 2 is 1.90 bits per heavy atom. The largest absolute Gasteiger partial charge is 0.321 e. The zero-order valence-corrected chi connectivity index (χ0v) is 17.9. The number of carbonyl (C=O) groups is 1. The summed E-state index contributed by atoms with van der Waals surface area (Å²) < 4.78 is 0. The summed E-state index contributed by atoms with van der Waals surface area (Å²) in [7, 11) is 0. The van der Waals surface area contributed by atoms with E-state index in [0.29, 0.717) is 18.3 Å². The molecule has 0 saturated carbocycles. The van der Waals surface area contributed by atoms with Crippen LogP contribution in [0.2, 0.25) is 0 Å².